The molecule has 2 aromatic carbocycles. The number of hydrogen-bond donors (Lipinski definition) is 0. The average Bonchev–Trinajstić information content (AvgIpc) is 3.34. The number of methoxy groups -OCH3 is 1. The van der Waals surface area contributed by atoms with E-state index in [1.165, 1.54) is 35.9 Å². The molecule has 0 spiro atoms. The second-order valence-electron chi connectivity index (χ2n) is 7.14. The molecule has 1 amide bonds. The molecule has 1 fully saturated rings. The number of likely N-dealkylation sites (N-methyl/N-ethyl adjacent to an activating group) is 1. The van der Waals surface area contributed by atoms with Crippen molar-refractivity contribution >= 4 is 51.9 Å². The number of benzene rings is 2. The van der Waals surface area contributed by atoms with Gasteiger partial charge in [0.1, 0.15) is 23.0 Å². The number of hydrogen-bond acceptors (Lipinski definition) is 7. The first-order chi connectivity index (χ1) is 15.8. The second kappa shape index (κ2) is 9.13. The van der Waals surface area contributed by atoms with E-state index in [0.717, 1.165) is 5.56 Å². The van der Waals surface area contributed by atoms with E-state index >= 15 is 0 Å². The Bertz CT molecular complexity index is 1330. The van der Waals surface area contributed by atoms with Gasteiger partial charge in [0.05, 0.1) is 16.9 Å². The van der Waals surface area contributed by atoms with Gasteiger partial charge in [-0.1, -0.05) is 11.6 Å². The van der Waals surface area contributed by atoms with Gasteiger partial charge >= 0.3 is 0 Å². The van der Waals surface area contributed by atoms with Gasteiger partial charge in [-0.05, 0) is 60.6 Å². The first-order valence-corrected chi connectivity index (χ1v) is 10.9. The Hall–Kier alpha value is -3.56. The predicted molar refractivity (Wildman–Crippen MR) is 129 cm³/mol. The average molecular weight is 484 g/mol. The third-order valence-corrected chi connectivity index (χ3v) is 6.24. The minimum atomic E-state index is -0.438. The first-order valence-electron chi connectivity index (χ1n) is 9.72. The molecule has 0 N–H and O–H groups in total. The van der Waals surface area contributed by atoms with E-state index in [4.69, 9.17) is 20.8 Å². The highest BCUT2D eigenvalue weighted by atomic mass is 35.5. The van der Waals surface area contributed by atoms with Crippen LogP contribution in [-0.4, -0.2) is 35.1 Å². The van der Waals surface area contributed by atoms with Crippen LogP contribution in [-0.2, 0) is 4.79 Å². The molecule has 4 rings (SSSR count). The maximum atomic E-state index is 12.8. The number of aryl methyl sites for hydroxylation is 1. The van der Waals surface area contributed by atoms with Gasteiger partial charge in [0.15, 0.2) is 5.17 Å². The van der Waals surface area contributed by atoms with Gasteiger partial charge in [-0.3, -0.25) is 19.8 Å². The number of halogens is 1. The number of amides is 1. The molecule has 0 atom stereocenters. The van der Waals surface area contributed by atoms with Crippen LogP contribution in [0.15, 0.2) is 62.8 Å². The summed E-state index contributed by atoms with van der Waals surface area (Å²) in [5.41, 5.74) is 1.99. The third-order valence-electron chi connectivity index (χ3n) is 4.95. The summed E-state index contributed by atoms with van der Waals surface area (Å²) < 4.78 is 11.2. The minimum Gasteiger partial charge on any atom is -0.494 e. The van der Waals surface area contributed by atoms with Crippen LogP contribution in [0, 0.1) is 17.0 Å². The molecule has 0 radical (unpaired) electrons. The Kier molecular flexibility index (Phi) is 6.26. The van der Waals surface area contributed by atoms with Gasteiger partial charge in [-0.15, -0.1) is 0 Å². The second-order valence-corrected chi connectivity index (χ2v) is 8.59. The van der Waals surface area contributed by atoms with Crippen molar-refractivity contribution in [2.45, 2.75) is 6.92 Å². The third kappa shape index (κ3) is 4.64. The van der Waals surface area contributed by atoms with Crippen molar-refractivity contribution in [2.24, 2.45) is 4.99 Å². The molecule has 1 aliphatic rings. The van der Waals surface area contributed by atoms with Crippen LogP contribution in [0.3, 0.4) is 0 Å². The Morgan fingerprint density at radius 2 is 2.00 bits per heavy atom. The quantitative estimate of drug-likeness (QED) is 0.248. The fourth-order valence-electron chi connectivity index (χ4n) is 3.25. The zero-order chi connectivity index (χ0) is 23.7. The zero-order valence-electron chi connectivity index (χ0n) is 17.9. The summed E-state index contributed by atoms with van der Waals surface area (Å²) in [5.74, 6) is 1.35. The normalized spacial score (nSPS) is 16.1. The highest BCUT2D eigenvalue weighted by Crippen LogP contribution is 2.37. The largest absolute Gasteiger partial charge is 0.494 e. The molecule has 1 aliphatic heterocycles. The van der Waals surface area contributed by atoms with E-state index in [1.54, 1.807) is 56.4 Å². The number of amidine groups is 1. The minimum absolute atomic E-state index is 0.0179. The summed E-state index contributed by atoms with van der Waals surface area (Å²) >= 11 is 7.29. The Morgan fingerprint density at radius 3 is 2.70 bits per heavy atom. The summed E-state index contributed by atoms with van der Waals surface area (Å²) in [5, 5.41) is 11.9. The lowest BCUT2D eigenvalue weighted by molar-refractivity contribution is -0.384. The summed E-state index contributed by atoms with van der Waals surface area (Å²) in [7, 11) is 3.18. The molecule has 0 bridgehead atoms. The molecule has 1 saturated heterocycles. The van der Waals surface area contributed by atoms with Crippen molar-refractivity contribution in [3.05, 3.63) is 79.9 Å². The molecule has 0 saturated carbocycles. The van der Waals surface area contributed by atoms with E-state index in [9.17, 15) is 14.9 Å². The SMILES string of the molecule is COc1ccc(Cl)cc1N=C1S/C(=C/c2ccc(-c3ccc([N+](=O)[O-])cc3C)o2)C(=O)N1C. The van der Waals surface area contributed by atoms with Crippen molar-refractivity contribution in [1.82, 2.24) is 4.90 Å². The number of rotatable bonds is 5. The number of carbonyl (C=O) groups is 1. The number of nitro benzene ring substituents is 1. The van der Waals surface area contributed by atoms with Crippen LogP contribution in [0.2, 0.25) is 5.02 Å². The van der Waals surface area contributed by atoms with E-state index in [0.29, 0.717) is 43.6 Å². The summed E-state index contributed by atoms with van der Waals surface area (Å²) in [4.78, 5) is 29.7. The van der Waals surface area contributed by atoms with Gasteiger partial charge < -0.3 is 9.15 Å². The lowest BCUT2D eigenvalue weighted by atomic mass is 10.1. The number of aliphatic imine (C=N–C) groups is 1. The monoisotopic (exact) mass is 483 g/mol. The van der Waals surface area contributed by atoms with Crippen LogP contribution >= 0.6 is 23.4 Å². The fourth-order valence-corrected chi connectivity index (χ4v) is 4.37. The Morgan fingerprint density at radius 1 is 1.21 bits per heavy atom. The van der Waals surface area contributed by atoms with Crippen molar-refractivity contribution in [1.29, 1.82) is 0 Å². The lowest BCUT2D eigenvalue weighted by Crippen LogP contribution is -2.23. The molecule has 168 valence electrons. The molecule has 3 aromatic rings. The molecular weight excluding hydrogens is 466 g/mol. The van der Waals surface area contributed by atoms with Crippen LogP contribution in [0.5, 0.6) is 5.75 Å². The maximum Gasteiger partial charge on any atom is 0.269 e. The van der Waals surface area contributed by atoms with Crippen LogP contribution < -0.4 is 4.74 Å². The van der Waals surface area contributed by atoms with Crippen molar-refractivity contribution in [3.63, 3.8) is 0 Å². The van der Waals surface area contributed by atoms with Gasteiger partial charge in [0.2, 0.25) is 0 Å². The summed E-state index contributed by atoms with van der Waals surface area (Å²) in [6.45, 7) is 1.78. The van der Waals surface area contributed by atoms with Crippen molar-refractivity contribution in [2.75, 3.05) is 14.2 Å². The van der Waals surface area contributed by atoms with Crippen LogP contribution in [0.1, 0.15) is 11.3 Å². The summed E-state index contributed by atoms with van der Waals surface area (Å²) in [6.07, 6.45) is 1.64. The lowest BCUT2D eigenvalue weighted by Gasteiger charge is -2.09. The smallest absolute Gasteiger partial charge is 0.269 e. The standard InChI is InChI=1S/C23H18ClN3O5S/c1-13-10-15(27(29)30)5-7-17(13)19-9-6-16(32-19)12-21-22(28)26(2)23(33-21)25-18-11-14(24)4-8-20(18)31-3/h4-12H,1-3H3/b21-12+,25-23?. The number of non-ortho nitro benzene ring substituents is 1. The molecular formula is C23H18ClN3O5S. The predicted octanol–water partition coefficient (Wildman–Crippen LogP) is 6.06. The number of ether oxygens (including phenoxy) is 1. The number of furan rings is 1. The van der Waals surface area contributed by atoms with Crippen molar-refractivity contribution < 1.29 is 18.9 Å². The molecule has 33 heavy (non-hydrogen) atoms. The number of nitro groups is 1. The van der Waals surface area contributed by atoms with E-state index < -0.39 is 4.92 Å². The van der Waals surface area contributed by atoms with Crippen molar-refractivity contribution in [3.8, 4) is 17.1 Å². The van der Waals surface area contributed by atoms with E-state index in [-0.39, 0.29) is 11.6 Å². The number of carbonyl (C=O) groups excluding carboxylic acids is 1. The van der Waals surface area contributed by atoms with E-state index in [2.05, 4.69) is 4.99 Å². The van der Waals surface area contributed by atoms with Gasteiger partial charge in [0, 0.05) is 35.8 Å². The molecule has 0 aliphatic carbocycles. The highest BCUT2D eigenvalue weighted by Gasteiger charge is 2.31. The summed E-state index contributed by atoms with van der Waals surface area (Å²) in [6, 6.07) is 13.2. The van der Waals surface area contributed by atoms with Crippen LogP contribution in [0.4, 0.5) is 11.4 Å². The Labute approximate surface area is 198 Å². The molecule has 1 aromatic heterocycles. The van der Waals surface area contributed by atoms with Gasteiger partial charge in [-0.2, -0.15) is 0 Å². The number of nitrogens with zero attached hydrogens (tertiary/aromatic N) is 3. The van der Waals surface area contributed by atoms with Crippen LogP contribution in [0.25, 0.3) is 17.4 Å². The maximum absolute atomic E-state index is 12.8. The fraction of sp³-hybridized carbons (Fsp3) is 0.130. The first kappa shape index (κ1) is 22.6. The Balaban J connectivity index is 1.61. The molecule has 8 nitrogen and oxygen atoms in total. The van der Waals surface area contributed by atoms with E-state index in [1.807, 2.05) is 0 Å². The zero-order valence-corrected chi connectivity index (χ0v) is 19.4. The highest BCUT2D eigenvalue weighted by molar-refractivity contribution is 8.18. The number of thioether (sulfide) groups is 1. The van der Waals surface area contributed by atoms with Gasteiger partial charge in [0.25, 0.3) is 11.6 Å². The molecule has 10 heteroatoms. The van der Waals surface area contributed by atoms with Gasteiger partial charge in [-0.25, -0.2) is 4.99 Å². The molecule has 0 unspecified atom stereocenters. The molecule has 2 heterocycles. The topological polar surface area (TPSA) is 98.2 Å².